The van der Waals surface area contributed by atoms with Crippen LogP contribution in [0.1, 0.15) is 58.4 Å². The number of hydrogen-bond acceptors (Lipinski definition) is 8. The molecule has 0 radical (unpaired) electrons. The Balaban J connectivity index is 2.16. The lowest BCUT2D eigenvalue weighted by Gasteiger charge is -2.18. The van der Waals surface area contributed by atoms with E-state index in [2.05, 4.69) is 10.3 Å². The van der Waals surface area contributed by atoms with Gasteiger partial charge in [0.05, 0.1) is 28.4 Å². The van der Waals surface area contributed by atoms with Crippen molar-refractivity contribution in [2.75, 3.05) is 11.9 Å². The number of aromatic amines is 1. The number of carbonyl (C=O) groups excluding carboxylic acids is 3. The van der Waals surface area contributed by atoms with Crippen LogP contribution in [-0.2, 0) is 20.4 Å². The van der Waals surface area contributed by atoms with E-state index in [4.69, 9.17) is 9.47 Å². The minimum Gasteiger partial charge on any atom is -0.462 e. The molecular formula is C22H24F3N3O7. The highest BCUT2D eigenvalue weighted by Crippen LogP contribution is 2.35. The zero-order chi connectivity index (χ0) is 26.7. The largest absolute Gasteiger partial charge is 0.462 e. The molecule has 0 saturated heterocycles. The van der Waals surface area contributed by atoms with Crippen LogP contribution in [0.2, 0.25) is 0 Å². The molecule has 2 atom stereocenters. The molecule has 0 spiro atoms. The Bertz CT molecular complexity index is 1160. The second-order valence-electron chi connectivity index (χ2n) is 7.64. The summed E-state index contributed by atoms with van der Waals surface area (Å²) in [7, 11) is 0. The highest BCUT2D eigenvalue weighted by atomic mass is 19.4. The molecule has 1 aromatic heterocycles. The zero-order valence-corrected chi connectivity index (χ0v) is 19.5. The van der Waals surface area contributed by atoms with E-state index in [0.717, 1.165) is 6.07 Å². The van der Waals surface area contributed by atoms with Crippen LogP contribution < -0.4 is 5.32 Å². The van der Waals surface area contributed by atoms with Crippen molar-refractivity contribution in [3.05, 3.63) is 56.4 Å². The number of hydrogen-bond donors (Lipinski definition) is 2. The van der Waals surface area contributed by atoms with Crippen molar-refractivity contribution in [2.24, 2.45) is 0 Å². The summed E-state index contributed by atoms with van der Waals surface area (Å²) in [6, 6.07) is 0.574. The summed E-state index contributed by atoms with van der Waals surface area (Å²) in [5.74, 6) is -2.23. The molecule has 10 nitrogen and oxygen atoms in total. The van der Waals surface area contributed by atoms with E-state index in [1.54, 1.807) is 13.8 Å². The van der Waals surface area contributed by atoms with Crippen LogP contribution in [0.15, 0.2) is 18.2 Å². The molecule has 0 bridgehead atoms. The summed E-state index contributed by atoms with van der Waals surface area (Å²) in [5, 5.41) is 13.7. The van der Waals surface area contributed by atoms with E-state index in [0.29, 0.717) is 23.4 Å². The van der Waals surface area contributed by atoms with Crippen LogP contribution in [0, 0.1) is 24.0 Å². The minimum atomic E-state index is -4.79. The van der Waals surface area contributed by atoms with Gasteiger partial charge in [0, 0.05) is 11.8 Å². The topological polar surface area (TPSA) is 141 Å². The SMILES string of the molecule is CCOC(=O)c1c(C)[nH]c(C(=O)C(C)OC(=O)C(C)Nc2ccc(C(F)(F)F)cc2[N+](=O)[O-])c1C. The number of rotatable bonds is 9. The monoisotopic (exact) mass is 499 g/mol. The van der Waals surface area contributed by atoms with Gasteiger partial charge in [-0.05, 0) is 52.3 Å². The van der Waals surface area contributed by atoms with Gasteiger partial charge in [0.2, 0.25) is 5.78 Å². The normalized spacial score (nSPS) is 13.0. The summed E-state index contributed by atoms with van der Waals surface area (Å²) in [5.41, 5.74) is -1.48. The predicted octanol–water partition coefficient (Wildman–Crippen LogP) is 4.35. The van der Waals surface area contributed by atoms with Gasteiger partial charge in [0.1, 0.15) is 11.7 Å². The van der Waals surface area contributed by atoms with Crippen LogP contribution in [-0.4, -0.2) is 46.4 Å². The Morgan fingerprint density at radius 2 is 1.83 bits per heavy atom. The number of aryl methyl sites for hydroxylation is 1. The van der Waals surface area contributed by atoms with Gasteiger partial charge in [-0.15, -0.1) is 0 Å². The van der Waals surface area contributed by atoms with Crippen molar-refractivity contribution < 1.29 is 42.0 Å². The average molecular weight is 499 g/mol. The van der Waals surface area contributed by atoms with E-state index >= 15 is 0 Å². The quantitative estimate of drug-likeness (QED) is 0.225. The molecule has 0 aliphatic rings. The Morgan fingerprint density at radius 3 is 2.37 bits per heavy atom. The first-order chi connectivity index (χ1) is 16.2. The summed E-state index contributed by atoms with van der Waals surface area (Å²) >= 11 is 0. The third-order valence-corrected chi connectivity index (χ3v) is 5.07. The third kappa shape index (κ3) is 6.16. The average Bonchev–Trinajstić information content (AvgIpc) is 3.06. The summed E-state index contributed by atoms with van der Waals surface area (Å²) in [4.78, 5) is 50.4. The van der Waals surface area contributed by atoms with Crippen molar-refractivity contribution in [3.8, 4) is 0 Å². The van der Waals surface area contributed by atoms with Gasteiger partial charge in [-0.2, -0.15) is 13.2 Å². The molecule has 13 heteroatoms. The maximum atomic E-state index is 12.9. The van der Waals surface area contributed by atoms with Crippen molar-refractivity contribution in [3.63, 3.8) is 0 Å². The van der Waals surface area contributed by atoms with E-state index in [-0.39, 0.29) is 23.6 Å². The molecule has 2 rings (SSSR count). The van der Waals surface area contributed by atoms with Crippen molar-refractivity contribution >= 4 is 29.1 Å². The van der Waals surface area contributed by atoms with E-state index in [9.17, 15) is 37.7 Å². The van der Waals surface area contributed by atoms with E-state index in [1.165, 1.54) is 20.8 Å². The number of halogens is 3. The summed E-state index contributed by atoms with van der Waals surface area (Å²) in [6.07, 6.45) is -6.09. The molecule has 0 aliphatic heterocycles. The number of H-pyrrole nitrogens is 1. The first-order valence-corrected chi connectivity index (χ1v) is 10.4. The Morgan fingerprint density at radius 1 is 1.20 bits per heavy atom. The van der Waals surface area contributed by atoms with E-state index in [1.807, 2.05) is 0 Å². The zero-order valence-electron chi connectivity index (χ0n) is 19.5. The van der Waals surface area contributed by atoms with Crippen molar-refractivity contribution in [1.82, 2.24) is 4.98 Å². The predicted molar refractivity (Wildman–Crippen MR) is 117 cm³/mol. The number of nitrogens with one attached hydrogen (secondary N) is 2. The number of Topliss-reactive ketones (excluding diaryl/α,β-unsaturated/α-hetero) is 1. The van der Waals surface area contributed by atoms with Gasteiger partial charge in [0.25, 0.3) is 5.69 Å². The second-order valence-corrected chi connectivity index (χ2v) is 7.64. The smallest absolute Gasteiger partial charge is 0.416 e. The molecule has 2 unspecified atom stereocenters. The number of aromatic nitrogens is 1. The Kier molecular flexibility index (Phi) is 8.26. The van der Waals surface area contributed by atoms with Gasteiger partial charge in [-0.1, -0.05) is 0 Å². The molecule has 0 fully saturated rings. The third-order valence-electron chi connectivity index (χ3n) is 5.07. The minimum absolute atomic E-state index is 0.0462. The number of nitro groups is 1. The van der Waals surface area contributed by atoms with Crippen LogP contribution in [0.25, 0.3) is 0 Å². The molecule has 1 heterocycles. The number of ether oxygens (including phenoxy) is 2. The fourth-order valence-corrected chi connectivity index (χ4v) is 3.31. The highest BCUT2D eigenvalue weighted by Gasteiger charge is 2.34. The molecule has 0 amide bonds. The number of benzene rings is 1. The number of alkyl halides is 3. The highest BCUT2D eigenvalue weighted by molar-refractivity contribution is 6.04. The lowest BCUT2D eigenvalue weighted by molar-refractivity contribution is -0.384. The molecule has 190 valence electrons. The van der Waals surface area contributed by atoms with Gasteiger partial charge >= 0.3 is 18.1 Å². The number of esters is 2. The first kappa shape index (κ1) is 27.3. The van der Waals surface area contributed by atoms with E-state index < -0.39 is 52.2 Å². The number of nitrogens with zero attached hydrogens (tertiary/aromatic N) is 1. The van der Waals surface area contributed by atoms with Gasteiger partial charge in [-0.3, -0.25) is 14.9 Å². The maximum absolute atomic E-state index is 12.9. The fourth-order valence-electron chi connectivity index (χ4n) is 3.31. The summed E-state index contributed by atoms with van der Waals surface area (Å²) in [6.45, 7) is 7.46. The molecule has 0 aliphatic carbocycles. The van der Waals surface area contributed by atoms with Crippen LogP contribution in [0.5, 0.6) is 0 Å². The van der Waals surface area contributed by atoms with Crippen LogP contribution >= 0.6 is 0 Å². The summed E-state index contributed by atoms with van der Waals surface area (Å²) < 4.78 is 48.7. The molecule has 2 N–H and O–H groups in total. The number of nitro benzene ring substituents is 1. The molecule has 0 saturated carbocycles. The fraction of sp³-hybridized carbons (Fsp3) is 0.409. The Hall–Kier alpha value is -3.90. The lowest BCUT2D eigenvalue weighted by atomic mass is 10.1. The molecule has 35 heavy (non-hydrogen) atoms. The molecule has 2 aromatic rings. The Labute approximate surface area is 197 Å². The van der Waals surface area contributed by atoms with Gasteiger partial charge < -0.3 is 19.8 Å². The number of anilines is 1. The number of carbonyl (C=O) groups is 3. The van der Waals surface area contributed by atoms with Crippen LogP contribution in [0.3, 0.4) is 0 Å². The number of ketones is 1. The standard InChI is InChI=1S/C22H24F3N3O7/c1-6-34-21(31)17-10(2)18(27-11(17)3)19(29)13(5)35-20(30)12(4)26-15-8-7-14(22(23,24)25)9-16(15)28(32)33/h7-9,12-13,26-27H,6H2,1-5H3. The van der Waals surface area contributed by atoms with Crippen LogP contribution in [0.4, 0.5) is 24.5 Å². The van der Waals surface area contributed by atoms with Gasteiger partial charge in [-0.25, -0.2) is 9.59 Å². The van der Waals surface area contributed by atoms with Crippen molar-refractivity contribution in [1.29, 1.82) is 0 Å². The van der Waals surface area contributed by atoms with Crippen molar-refractivity contribution in [2.45, 2.75) is 52.9 Å². The first-order valence-electron chi connectivity index (χ1n) is 10.4. The lowest BCUT2D eigenvalue weighted by Crippen LogP contribution is -2.34. The molecular weight excluding hydrogens is 475 g/mol. The molecule has 1 aromatic carbocycles. The van der Waals surface area contributed by atoms with Gasteiger partial charge in [0.15, 0.2) is 6.10 Å². The second kappa shape index (κ2) is 10.6. The maximum Gasteiger partial charge on any atom is 0.416 e.